The van der Waals surface area contributed by atoms with E-state index in [0.29, 0.717) is 24.5 Å². The Labute approximate surface area is 164 Å². The highest BCUT2D eigenvalue weighted by Gasteiger charge is 2.25. The number of fused-ring (bicyclic) bond motifs is 1. The number of terminal acetylenes is 1. The number of hydrogen-bond acceptors (Lipinski definition) is 3. The van der Waals surface area contributed by atoms with E-state index < -0.39 is 0 Å². The number of aromatic nitrogens is 2. The zero-order valence-corrected chi connectivity index (χ0v) is 16.2. The lowest BCUT2D eigenvalue weighted by atomic mass is 9.99. The Morgan fingerprint density at radius 2 is 2.21 bits per heavy atom. The van der Waals surface area contributed by atoms with Crippen LogP contribution in [0.3, 0.4) is 0 Å². The highest BCUT2D eigenvalue weighted by atomic mass is 16.7. The number of amides is 1. The standard InChI is InChI=1S/C23H23N3O2/c1-4-16-9-10-18(15(2)12-16)13-20-21(23(27)25-28-14-17-7-8-17)19-6-5-11-24-22(19)26(20)3/h1,5-6,9-12,17H,7-8,13-14H2,2-3H3,(H,25,27). The molecule has 0 unspecified atom stereocenters. The number of nitrogens with zero attached hydrogens (tertiary/aromatic N) is 2. The van der Waals surface area contributed by atoms with E-state index in [2.05, 4.69) is 16.4 Å². The fourth-order valence-electron chi connectivity index (χ4n) is 3.50. The number of benzene rings is 1. The van der Waals surface area contributed by atoms with E-state index in [4.69, 9.17) is 11.3 Å². The lowest BCUT2D eigenvalue weighted by molar-refractivity contribution is 0.0271. The third-order valence-electron chi connectivity index (χ3n) is 5.34. The van der Waals surface area contributed by atoms with E-state index in [-0.39, 0.29) is 5.91 Å². The molecule has 5 nitrogen and oxygen atoms in total. The van der Waals surface area contributed by atoms with Crippen LogP contribution in [-0.2, 0) is 18.3 Å². The fraction of sp³-hybridized carbons (Fsp3) is 0.304. The van der Waals surface area contributed by atoms with E-state index in [9.17, 15) is 4.79 Å². The summed E-state index contributed by atoms with van der Waals surface area (Å²) in [6.07, 6.45) is 10.2. The van der Waals surface area contributed by atoms with Crippen LogP contribution in [0.25, 0.3) is 11.0 Å². The summed E-state index contributed by atoms with van der Waals surface area (Å²) < 4.78 is 1.99. The second-order valence-electron chi connectivity index (χ2n) is 7.40. The Bertz CT molecular complexity index is 1090. The van der Waals surface area contributed by atoms with Gasteiger partial charge >= 0.3 is 0 Å². The van der Waals surface area contributed by atoms with E-state index >= 15 is 0 Å². The van der Waals surface area contributed by atoms with E-state index in [1.54, 1.807) is 6.20 Å². The summed E-state index contributed by atoms with van der Waals surface area (Å²) >= 11 is 0. The molecule has 1 aliphatic rings. The van der Waals surface area contributed by atoms with Crippen molar-refractivity contribution in [3.63, 3.8) is 0 Å². The molecule has 0 atom stereocenters. The van der Waals surface area contributed by atoms with Crippen molar-refractivity contribution in [2.45, 2.75) is 26.2 Å². The molecule has 1 N–H and O–H groups in total. The van der Waals surface area contributed by atoms with Crippen LogP contribution in [-0.4, -0.2) is 22.1 Å². The number of hydroxylamine groups is 1. The molecule has 0 aliphatic heterocycles. The molecule has 28 heavy (non-hydrogen) atoms. The number of hydrogen-bond donors (Lipinski definition) is 1. The monoisotopic (exact) mass is 373 g/mol. The second kappa shape index (κ2) is 7.49. The molecule has 1 aromatic carbocycles. The summed E-state index contributed by atoms with van der Waals surface area (Å²) in [5.74, 6) is 3.01. The van der Waals surface area contributed by atoms with Gasteiger partial charge in [-0.1, -0.05) is 12.0 Å². The Balaban J connectivity index is 1.71. The van der Waals surface area contributed by atoms with Gasteiger partial charge in [-0.25, -0.2) is 10.5 Å². The lowest BCUT2D eigenvalue weighted by Gasteiger charge is -2.11. The van der Waals surface area contributed by atoms with Gasteiger partial charge in [-0.3, -0.25) is 9.63 Å². The Hall–Kier alpha value is -3.10. The van der Waals surface area contributed by atoms with Crippen LogP contribution in [0.5, 0.6) is 0 Å². The van der Waals surface area contributed by atoms with Gasteiger partial charge in [0.05, 0.1) is 12.2 Å². The molecular formula is C23H23N3O2. The number of pyridine rings is 1. The number of rotatable bonds is 6. The summed E-state index contributed by atoms with van der Waals surface area (Å²) in [5.41, 5.74) is 8.00. The van der Waals surface area contributed by atoms with E-state index in [1.807, 2.05) is 48.9 Å². The maximum atomic E-state index is 13.0. The largest absolute Gasteiger partial charge is 0.332 e. The second-order valence-corrected chi connectivity index (χ2v) is 7.40. The van der Waals surface area contributed by atoms with Gasteiger partial charge in [0.2, 0.25) is 0 Å². The van der Waals surface area contributed by atoms with Crippen LogP contribution in [0, 0.1) is 25.2 Å². The van der Waals surface area contributed by atoms with E-state index in [1.165, 1.54) is 12.8 Å². The number of carbonyl (C=O) groups is 1. The Kier molecular flexibility index (Phi) is 4.89. The molecular weight excluding hydrogens is 350 g/mol. The maximum Gasteiger partial charge on any atom is 0.277 e. The predicted molar refractivity (Wildman–Crippen MR) is 109 cm³/mol. The highest BCUT2D eigenvalue weighted by Crippen LogP contribution is 2.29. The third kappa shape index (κ3) is 3.51. The van der Waals surface area contributed by atoms with Gasteiger partial charge < -0.3 is 4.57 Å². The van der Waals surface area contributed by atoms with Crippen molar-refractivity contribution in [1.29, 1.82) is 0 Å². The van der Waals surface area contributed by atoms with Gasteiger partial charge in [0.25, 0.3) is 5.91 Å². The first-order valence-electron chi connectivity index (χ1n) is 9.49. The molecule has 142 valence electrons. The van der Waals surface area contributed by atoms with Crippen molar-refractivity contribution in [1.82, 2.24) is 15.0 Å². The van der Waals surface area contributed by atoms with Gasteiger partial charge in [0.1, 0.15) is 5.65 Å². The quantitative estimate of drug-likeness (QED) is 0.531. The minimum absolute atomic E-state index is 0.229. The highest BCUT2D eigenvalue weighted by molar-refractivity contribution is 6.07. The van der Waals surface area contributed by atoms with Crippen LogP contribution in [0.2, 0.25) is 0 Å². The Morgan fingerprint density at radius 3 is 2.93 bits per heavy atom. The summed E-state index contributed by atoms with van der Waals surface area (Å²) in [6, 6.07) is 9.73. The van der Waals surface area contributed by atoms with Gasteiger partial charge in [0, 0.05) is 36.3 Å². The topological polar surface area (TPSA) is 56.1 Å². The minimum Gasteiger partial charge on any atom is -0.332 e. The smallest absolute Gasteiger partial charge is 0.277 e. The molecule has 1 fully saturated rings. The minimum atomic E-state index is -0.229. The molecule has 2 heterocycles. The third-order valence-corrected chi connectivity index (χ3v) is 5.34. The maximum absolute atomic E-state index is 13.0. The SMILES string of the molecule is C#Cc1ccc(Cc2c(C(=O)NOCC3CC3)c3cccnc3n2C)c(C)c1. The average molecular weight is 373 g/mol. The van der Waals surface area contributed by atoms with Crippen molar-refractivity contribution >= 4 is 16.9 Å². The first-order valence-corrected chi connectivity index (χ1v) is 9.49. The van der Waals surface area contributed by atoms with Gasteiger partial charge in [0.15, 0.2) is 0 Å². The van der Waals surface area contributed by atoms with Crippen LogP contribution in [0.1, 0.15) is 45.6 Å². The summed E-state index contributed by atoms with van der Waals surface area (Å²) in [5, 5.41) is 0.824. The summed E-state index contributed by atoms with van der Waals surface area (Å²) in [4.78, 5) is 22.9. The van der Waals surface area contributed by atoms with E-state index in [0.717, 1.165) is 33.4 Å². The molecule has 3 aromatic rings. The number of carbonyl (C=O) groups excluding carboxylic acids is 1. The summed E-state index contributed by atoms with van der Waals surface area (Å²) in [6.45, 7) is 2.60. The van der Waals surface area contributed by atoms with Crippen molar-refractivity contribution in [3.05, 3.63) is 64.5 Å². The van der Waals surface area contributed by atoms with Gasteiger partial charge in [-0.15, -0.1) is 6.42 Å². The molecule has 1 aliphatic carbocycles. The zero-order valence-electron chi connectivity index (χ0n) is 16.2. The van der Waals surface area contributed by atoms with Gasteiger partial charge in [-0.05, 0) is 61.1 Å². The molecule has 0 bridgehead atoms. The van der Waals surface area contributed by atoms with Crippen molar-refractivity contribution < 1.29 is 9.63 Å². The first kappa shape index (κ1) is 18.3. The molecule has 0 radical (unpaired) electrons. The van der Waals surface area contributed by atoms with Crippen LogP contribution >= 0.6 is 0 Å². The fourth-order valence-corrected chi connectivity index (χ4v) is 3.50. The molecule has 4 rings (SSSR count). The Morgan fingerprint density at radius 1 is 1.39 bits per heavy atom. The average Bonchev–Trinajstić information content (AvgIpc) is 3.48. The van der Waals surface area contributed by atoms with Crippen molar-refractivity contribution in [2.24, 2.45) is 13.0 Å². The van der Waals surface area contributed by atoms with Crippen molar-refractivity contribution in [2.75, 3.05) is 6.61 Å². The number of nitrogens with one attached hydrogen (secondary N) is 1. The molecule has 5 heteroatoms. The first-order chi connectivity index (χ1) is 13.6. The molecule has 0 spiro atoms. The van der Waals surface area contributed by atoms with Crippen LogP contribution < -0.4 is 5.48 Å². The molecule has 2 aromatic heterocycles. The van der Waals surface area contributed by atoms with Gasteiger partial charge in [-0.2, -0.15) is 0 Å². The molecule has 1 saturated carbocycles. The normalized spacial score (nSPS) is 13.5. The lowest BCUT2D eigenvalue weighted by Crippen LogP contribution is -2.26. The summed E-state index contributed by atoms with van der Waals surface area (Å²) in [7, 11) is 1.94. The molecule has 0 saturated heterocycles. The van der Waals surface area contributed by atoms with Crippen LogP contribution in [0.4, 0.5) is 0 Å². The van der Waals surface area contributed by atoms with Crippen molar-refractivity contribution in [3.8, 4) is 12.3 Å². The molecule has 1 amide bonds. The number of aryl methyl sites for hydroxylation is 2. The zero-order chi connectivity index (χ0) is 19.7. The predicted octanol–water partition coefficient (Wildman–Crippen LogP) is 3.53. The van der Waals surface area contributed by atoms with Crippen LogP contribution in [0.15, 0.2) is 36.5 Å².